The number of benzene rings is 2. The molecule has 24 heavy (non-hydrogen) atoms. The number of nitrogens with one attached hydrogen (secondary N) is 2. The number of hydrazine groups is 1. The van der Waals surface area contributed by atoms with Gasteiger partial charge in [0.2, 0.25) is 5.91 Å². The molecule has 0 heterocycles. The Morgan fingerprint density at radius 1 is 1.12 bits per heavy atom. The minimum atomic E-state index is -0.261. The zero-order chi connectivity index (χ0) is 17.4. The summed E-state index contributed by atoms with van der Waals surface area (Å²) in [7, 11) is 0. The summed E-state index contributed by atoms with van der Waals surface area (Å²) in [5, 5.41) is 0. The van der Waals surface area contributed by atoms with Crippen LogP contribution in [0.25, 0.3) is 0 Å². The Labute approximate surface area is 142 Å². The molecule has 0 radical (unpaired) electrons. The monoisotopic (exact) mass is 330 g/mol. The Hall–Kier alpha value is -2.40. The van der Waals surface area contributed by atoms with Gasteiger partial charge in [-0.15, -0.1) is 0 Å². The van der Waals surface area contributed by atoms with Gasteiger partial charge in [0, 0.05) is 12.5 Å². The summed E-state index contributed by atoms with van der Waals surface area (Å²) in [6, 6.07) is 14.1. The van der Waals surface area contributed by atoms with Crippen molar-refractivity contribution in [3.8, 4) is 5.75 Å². The highest BCUT2D eigenvalue weighted by molar-refractivity contribution is 5.77. The van der Waals surface area contributed by atoms with Crippen LogP contribution >= 0.6 is 0 Å². The van der Waals surface area contributed by atoms with Crippen molar-refractivity contribution in [3.63, 3.8) is 0 Å². The quantitative estimate of drug-likeness (QED) is 0.577. The Bertz CT molecular complexity index is 657. The van der Waals surface area contributed by atoms with E-state index < -0.39 is 0 Å². The van der Waals surface area contributed by atoms with E-state index in [1.54, 1.807) is 6.07 Å². The predicted molar refractivity (Wildman–Crippen MR) is 91.9 cm³/mol. The molecular formula is C19H23FN2O2. The number of amides is 1. The van der Waals surface area contributed by atoms with Gasteiger partial charge in [-0.1, -0.05) is 38.1 Å². The van der Waals surface area contributed by atoms with Gasteiger partial charge in [0.1, 0.15) is 18.2 Å². The minimum absolute atomic E-state index is 0.0175. The molecule has 2 aromatic rings. The fraction of sp³-hybridized carbons (Fsp3) is 0.316. The van der Waals surface area contributed by atoms with Crippen molar-refractivity contribution in [2.24, 2.45) is 5.92 Å². The second-order valence-corrected chi connectivity index (χ2v) is 5.88. The van der Waals surface area contributed by atoms with Crippen LogP contribution in [0.5, 0.6) is 5.75 Å². The molecule has 0 saturated carbocycles. The molecule has 0 unspecified atom stereocenters. The van der Waals surface area contributed by atoms with Crippen LogP contribution in [0.4, 0.5) is 4.39 Å². The number of hydrogen-bond acceptors (Lipinski definition) is 3. The summed E-state index contributed by atoms with van der Waals surface area (Å²) in [5.74, 6) is 0.427. The average molecular weight is 330 g/mol. The number of halogens is 1. The zero-order valence-corrected chi connectivity index (χ0v) is 14.0. The molecule has 2 N–H and O–H groups in total. The van der Waals surface area contributed by atoms with Crippen LogP contribution < -0.4 is 15.6 Å². The van der Waals surface area contributed by atoms with Gasteiger partial charge in [0.15, 0.2) is 0 Å². The summed E-state index contributed by atoms with van der Waals surface area (Å²) in [6.07, 6.45) is 0.794. The minimum Gasteiger partial charge on any atom is -0.489 e. The molecular weight excluding hydrogens is 307 g/mol. The maximum Gasteiger partial charge on any atom is 0.236 e. The fourth-order valence-electron chi connectivity index (χ4n) is 2.05. The molecule has 128 valence electrons. The van der Waals surface area contributed by atoms with Crippen LogP contribution in [0.1, 0.15) is 25.0 Å². The molecule has 0 spiro atoms. The van der Waals surface area contributed by atoms with Crippen LogP contribution in [0.2, 0.25) is 0 Å². The Morgan fingerprint density at radius 3 is 2.54 bits per heavy atom. The van der Waals surface area contributed by atoms with Crippen LogP contribution in [0.3, 0.4) is 0 Å². The summed E-state index contributed by atoms with van der Waals surface area (Å²) in [6.45, 7) is 4.68. The standard InChI is InChI=1S/C19H23FN2O2/c1-14(2)19(23)22-21-11-10-15-6-8-18(9-7-15)24-13-16-4-3-5-17(20)12-16/h3-9,12,14,21H,10-11,13H2,1-2H3,(H,22,23). The third-order valence-electron chi connectivity index (χ3n) is 3.49. The van der Waals surface area contributed by atoms with E-state index in [2.05, 4.69) is 10.9 Å². The number of hydrogen-bond donors (Lipinski definition) is 2. The first-order valence-electron chi connectivity index (χ1n) is 8.03. The molecule has 0 saturated heterocycles. The Kier molecular flexibility index (Phi) is 6.75. The maximum atomic E-state index is 13.1. The van der Waals surface area contributed by atoms with Crippen molar-refractivity contribution in [2.45, 2.75) is 26.9 Å². The highest BCUT2D eigenvalue weighted by Crippen LogP contribution is 2.15. The van der Waals surface area contributed by atoms with E-state index in [0.29, 0.717) is 13.2 Å². The van der Waals surface area contributed by atoms with Crippen molar-refractivity contribution in [2.75, 3.05) is 6.54 Å². The molecule has 0 fully saturated rings. The van der Waals surface area contributed by atoms with Crippen LogP contribution in [0, 0.1) is 11.7 Å². The first-order chi connectivity index (χ1) is 11.5. The largest absolute Gasteiger partial charge is 0.489 e. The molecule has 0 atom stereocenters. The third-order valence-corrected chi connectivity index (χ3v) is 3.49. The predicted octanol–water partition coefficient (Wildman–Crippen LogP) is 3.22. The second kappa shape index (κ2) is 9.03. The SMILES string of the molecule is CC(C)C(=O)NNCCc1ccc(OCc2cccc(F)c2)cc1. The molecule has 4 nitrogen and oxygen atoms in total. The molecule has 0 aliphatic rings. The Morgan fingerprint density at radius 2 is 1.88 bits per heavy atom. The van der Waals surface area contributed by atoms with Crippen molar-refractivity contribution < 1.29 is 13.9 Å². The van der Waals surface area contributed by atoms with E-state index in [9.17, 15) is 9.18 Å². The van der Waals surface area contributed by atoms with Gasteiger partial charge in [0.05, 0.1) is 0 Å². The lowest BCUT2D eigenvalue weighted by atomic mass is 10.1. The van der Waals surface area contributed by atoms with Gasteiger partial charge >= 0.3 is 0 Å². The molecule has 0 bridgehead atoms. The third kappa shape index (κ3) is 6.01. The highest BCUT2D eigenvalue weighted by atomic mass is 19.1. The van der Waals surface area contributed by atoms with Crippen molar-refractivity contribution in [1.29, 1.82) is 0 Å². The van der Waals surface area contributed by atoms with Gasteiger partial charge in [-0.25, -0.2) is 9.82 Å². The molecule has 0 aliphatic heterocycles. The van der Waals surface area contributed by atoms with E-state index in [1.165, 1.54) is 12.1 Å². The number of rotatable bonds is 8. The van der Waals surface area contributed by atoms with Crippen LogP contribution in [-0.4, -0.2) is 12.5 Å². The average Bonchev–Trinajstić information content (AvgIpc) is 2.57. The maximum absolute atomic E-state index is 13.1. The van der Waals surface area contributed by atoms with Crippen molar-refractivity contribution in [3.05, 3.63) is 65.5 Å². The van der Waals surface area contributed by atoms with Crippen molar-refractivity contribution in [1.82, 2.24) is 10.9 Å². The normalized spacial score (nSPS) is 10.7. The van der Waals surface area contributed by atoms with Crippen LogP contribution in [0.15, 0.2) is 48.5 Å². The summed E-state index contributed by atoms with van der Waals surface area (Å²) in [5.41, 5.74) is 7.51. The van der Waals surface area contributed by atoms with Gasteiger partial charge in [-0.2, -0.15) is 0 Å². The first-order valence-corrected chi connectivity index (χ1v) is 8.03. The van der Waals surface area contributed by atoms with Gasteiger partial charge in [-0.3, -0.25) is 10.2 Å². The molecule has 1 amide bonds. The Balaban J connectivity index is 1.73. The second-order valence-electron chi connectivity index (χ2n) is 5.88. The van der Waals surface area contributed by atoms with E-state index in [-0.39, 0.29) is 17.6 Å². The molecule has 2 rings (SSSR count). The van der Waals surface area contributed by atoms with E-state index in [4.69, 9.17) is 4.74 Å². The zero-order valence-electron chi connectivity index (χ0n) is 14.0. The van der Waals surface area contributed by atoms with Crippen molar-refractivity contribution >= 4 is 5.91 Å². The van der Waals surface area contributed by atoms with E-state index in [0.717, 1.165) is 23.3 Å². The summed E-state index contributed by atoms with van der Waals surface area (Å²) in [4.78, 5) is 11.4. The van der Waals surface area contributed by atoms with E-state index >= 15 is 0 Å². The number of ether oxygens (including phenoxy) is 1. The lowest BCUT2D eigenvalue weighted by Gasteiger charge is -2.10. The number of carbonyl (C=O) groups is 1. The van der Waals surface area contributed by atoms with E-state index in [1.807, 2.05) is 44.2 Å². The first kappa shape index (κ1) is 17.9. The summed E-state index contributed by atoms with van der Waals surface area (Å²) >= 11 is 0. The molecule has 0 aromatic heterocycles. The van der Waals surface area contributed by atoms with Gasteiger partial charge in [0.25, 0.3) is 0 Å². The fourth-order valence-corrected chi connectivity index (χ4v) is 2.05. The van der Waals surface area contributed by atoms with Gasteiger partial charge < -0.3 is 4.74 Å². The topological polar surface area (TPSA) is 50.4 Å². The molecule has 0 aliphatic carbocycles. The highest BCUT2D eigenvalue weighted by Gasteiger charge is 2.04. The molecule has 2 aromatic carbocycles. The number of carbonyl (C=O) groups excluding carboxylic acids is 1. The smallest absolute Gasteiger partial charge is 0.236 e. The summed E-state index contributed by atoms with van der Waals surface area (Å²) < 4.78 is 18.7. The van der Waals surface area contributed by atoms with Gasteiger partial charge in [-0.05, 0) is 41.8 Å². The van der Waals surface area contributed by atoms with Crippen LogP contribution in [-0.2, 0) is 17.8 Å². The lowest BCUT2D eigenvalue weighted by Crippen LogP contribution is -2.40. The lowest BCUT2D eigenvalue weighted by molar-refractivity contribution is -0.125. The molecule has 5 heteroatoms.